The van der Waals surface area contributed by atoms with Crippen LogP contribution in [0.2, 0.25) is 5.02 Å². The van der Waals surface area contributed by atoms with Crippen molar-refractivity contribution in [2.75, 3.05) is 6.61 Å². The number of rotatable bonds is 4. The number of hydrogen-bond acceptors (Lipinski definition) is 6. The Hall–Kier alpha value is -3.23. The molecule has 166 valence electrons. The van der Waals surface area contributed by atoms with Crippen LogP contribution in [0.1, 0.15) is 48.5 Å². The topological polar surface area (TPSA) is 78.6 Å². The van der Waals surface area contributed by atoms with E-state index in [0.717, 1.165) is 16.8 Å². The van der Waals surface area contributed by atoms with Gasteiger partial charge in [0.1, 0.15) is 23.1 Å². The monoisotopic (exact) mass is 462 g/mol. The van der Waals surface area contributed by atoms with Gasteiger partial charge >= 0.3 is 0 Å². The number of aromatic nitrogens is 6. The average molecular weight is 463 g/mol. The van der Waals surface area contributed by atoms with Gasteiger partial charge in [0.25, 0.3) is 0 Å². The van der Waals surface area contributed by atoms with Crippen LogP contribution >= 0.6 is 11.6 Å². The summed E-state index contributed by atoms with van der Waals surface area (Å²) in [5.74, 6) is 0.0248. The zero-order valence-electron chi connectivity index (χ0n) is 17.9. The van der Waals surface area contributed by atoms with E-state index >= 15 is 0 Å². The summed E-state index contributed by atoms with van der Waals surface area (Å²) in [6, 6.07) is 5.02. The first-order valence-corrected chi connectivity index (χ1v) is 11.3. The zero-order valence-corrected chi connectivity index (χ0v) is 18.6. The second kappa shape index (κ2) is 7.97. The van der Waals surface area contributed by atoms with Crippen LogP contribution in [0, 0.1) is 12.7 Å². The average Bonchev–Trinajstić information content (AvgIpc) is 3.54. The van der Waals surface area contributed by atoms with E-state index in [9.17, 15) is 4.39 Å². The van der Waals surface area contributed by atoms with Crippen molar-refractivity contribution < 1.29 is 9.13 Å². The molecule has 3 aromatic heterocycles. The van der Waals surface area contributed by atoms with Crippen LogP contribution in [-0.2, 0) is 4.74 Å². The number of fused-ring (bicyclic) bond motifs is 1. The summed E-state index contributed by atoms with van der Waals surface area (Å²) in [5, 5.41) is 4.80. The van der Waals surface area contributed by atoms with Crippen LogP contribution in [0.4, 0.5) is 4.39 Å². The molecule has 0 amide bonds. The molecule has 1 fully saturated rings. The van der Waals surface area contributed by atoms with Gasteiger partial charge in [-0.25, -0.2) is 24.3 Å². The fourth-order valence-corrected chi connectivity index (χ4v) is 4.19. The third-order valence-electron chi connectivity index (χ3n) is 5.89. The SMILES string of the molecule is Cc1cnc2c(-c3ccc(Cl)cc3F)nc(C3=CC(c4cnn(C5CC5)c4)OCC3)nc2n1. The highest BCUT2D eigenvalue weighted by atomic mass is 35.5. The second-order valence-corrected chi connectivity index (χ2v) is 8.86. The minimum absolute atomic E-state index is 0.236. The van der Waals surface area contributed by atoms with Crippen LogP contribution in [0.5, 0.6) is 0 Å². The van der Waals surface area contributed by atoms with Gasteiger partial charge in [0.05, 0.1) is 24.5 Å². The number of ether oxygens (including phenoxy) is 1. The third-order valence-corrected chi connectivity index (χ3v) is 6.13. The molecule has 2 aliphatic rings. The van der Waals surface area contributed by atoms with Gasteiger partial charge in [0, 0.05) is 28.5 Å². The molecule has 7 nitrogen and oxygen atoms in total. The Bertz CT molecular complexity index is 1410. The van der Waals surface area contributed by atoms with Crippen LogP contribution in [0.25, 0.3) is 28.0 Å². The Morgan fingerprint density at radius 1 is 1.15 bits per heavy atom. The molecule has 1 saturated carbocycles. The third kappa shape index (κ3) is 3.89. The quantitative estimate of drug-likeness (QED) is 0.411. The van der Waals surface area contributed by atoms with Gasteiger partial charge in [0.2, 0.25) is 0 Å². The highest BCUT2D eigenvalue weighted by molar-refractivity contribution is 6.30. The van der Waals surface area contributed by atoms with Gasteiger partial charge in [-0.1, -0.05) is 11.6 Å². The van der Waals surface area contributed by atoms with E-state index in [1.54, 1.807) is 18.3 Å². The maximum absolute atomic E-state index is 14.8. The molecule has 0 N–H and O–H groups in total. The number of hydrogen-bond donors (Lipinski definition) is 0. The lowest BCUT2D eigenvalue weighted by Crippen LogP contribution is -2.12. The summed E-state index contributed by atoms with van der Waals surface area (Å²) >= 11 is 5.97. The van der Waals surface area contributed by atoms with Gasteiger partial charge in [-0.2, -0.15) is 5.10 Å². The Morgan fingerprint density at radius 3 is 2.85 bits per heavy atom. The van der Waals surface area contributed by atoms with E-state index < -0.39 is 5.82 Å². The molecule has 6 rings (SSSR count). The van der Waals surface area contributed by atoms with Crippen molar-refractivity contribution in [2.24, 2.45) is 0 Å². The van der Waals surface area contributed by atoms with Crippen LogP contribution in [-0.4, -0.2) is 36.3 Å². The van der Waals surface area contributed by atoms with Gasteiger partial charge in [-0.15, -0.1) is 0 Å². The van der Waals surface area contributed by atoms with Crippen LogP contribution < -0.4 is 0 Å². The molecule has 1 unspecified atom stereocenters. The molecule has 1 aliphatic heterocycles. The maximum atomic E-state index is 14.8. The largest absolute Gasteiger partial charge is 0.369 e. The molecule has 4 aromatic rings. The van der Waals surface area contributed by atoms with Crippen LogP contribution in [0.3, 0.4) is 0 Å². The molecular weight excluding hydrogens is 443 g/mol. The summed E-state index contributed by atoms with van der Waals surface area (Å²) in [6.07, 6.45) is 10.3. The van der Waals surface area contributed by atoms with E-state index in [2.05, 4.69) is 20.1 Å². The number of nitrogens with zero attached hydrogens (tertiary/aromatic N) is 6. The molecule has 33 heavy (non-hydrogen) atoms. The molecule has 1 aliphatic carbocycles. The highest BCUT2D eigenvalue weighted by Crippen LogP contribution is 2.37. The molecule has 0 saturated heterocycles. The predicted octanol–water partition coefficient (Wildman–Crippen LogP) is 5.26. The van der Waals surface area contributed by atoms with E-state index in [4.69, 9.17) is 21.3 Å². The van der Waals surface area contributed by atoms with Crippen molar-refractivity contribution in [2.45, 2.75) is 38.3 Å². The Labute approximate surface area is 194 Å². The Balaban J connectivity index is 1.46. The molecule has 4 heterocycles. The molecule has 1 aromatic carbocycles. The summed E-state index contributed by atoms with van der Waals surface area (Å²) < 4.78 is 22.8. The van der Waals surface area contributed by atoms with Crippen molar-refractivity contribution in [3.63, 3.8) is 0 Å². The lowest BCUT2D eigenvalue weighted by molar-refractivity contribution is 0.0825. The molecule has 0 radical (unpaired) electrons. The summed E-state index contributed by atoms with van der Waals surface area (Å²) in [6.45, 7) is 2.37. The van der Waals surface area contributed by atoms with E-state index in [0.29, 0.717) is 52.3 Å². The lowest BCUT2D eigenvalue weighted by Gasteiger charge is -2.21. The smallest absolute Gasteiger partial charge is 0.182 e. The van der Waals surface area contributed by atoms with E-state index in [1.807, 2.05) is 30.1 Å². The zero-order chi connectivity index (χ0) is 22.5. The van der Waals surface area contributed by atoms with Crippen molar-refractivity contribution in [3.05, 3.63) is 70.8 Å². The predicted molar refractivity (Wildman–Crippen MR) is 122 cm³/mol. The van der Waals surface area contributed by atoms with E-state index in [1.165, 1.54) is 18.9 Å². The molecule has 9 heteroatoms. The lowest BCUT2D eigenvalue weighted by atomic mass is 10.0. The summed E-state index contributed by atoms with van der Waals surface area (Å²) in [5.41, 5.74) is 4.21. The summed E-state index contributed by atoms with van der Waals surface area (Å²) in [4.78, 5) is 18.4. The summed E-state index contributed by atoms with van der Waals surface area (Å²) in [7, 11) is 0. The van der Waals surface area contributed by atoms with Crippen molar-refractivity contribution in [1.29, 1.82) is 0 Å². The number of halogens is 2. The molecular formula is C24H20ClFN6O. The van der Waals surface area contributed by atoms with Gasteiger partial charge in [-0.3, -0.25) is 4.68 Å². The Kier molecular flexibility index (Phi) is 4.92. The number of benzene rings is 1. The Morgan fingerprint density at radius 2 is 2.03 bits per heavy atom. The fraction of sp³-hybridized carbons (Fsp3) is 0.292. The fourth-order valence-electron chi connectivity index (χ4n) is 4.03. The van der Waals surface area contributed by atoms with Gasteiger partial charge in [-0.05, 0) is 56.0 Å². The molecule has 1 atom stereocenters. The van der Waals surface area contributed by atoms with Crippen LogP contribution in [0.15, 0.2) is 42.9 Å². The minimum atomic E-state index is -0.470. The van der Waals surface area contributed by atoms with Crippen molar-refractivity contribution in [3.8, 4) is 11.3 Å². The molecule has 0 spiro atoms. The van der Waals surface area contributed by atoms with Crippen molar-refractivity contribution in [1.82, 2.24) is 29.7 Å². The highest BCUT2D eigenvalue weighted by Gasteiger charge is 2.27. The van der Waals surface area contributed by atoms with E-state index in [-0.39, 0.29) is 6.10 Å². The first kappa shape index (κ1) is 20.4. The van der Waals surface area contributed by atoms with Crippen molar-refractivity contribution >= 4 is 28.3 Å². The first-order chi connectivity index (χ1) is 16.0. The second-order valence-electron chi connectivity index (χ2n) is 8.42. The van der Waals surface area contributed by atoms with Gasteiger partial charge < -0.3 is 4.74 Å². The first-order valence-electron chi connectivity index (χ1n) is 10.9. The molecule has 0 bridgehead atoms. The maximum Gasteiger partial charge on any atom is 0.182 e. The minimum Gasteiger partial charge on any atom is -0.369 e. The standard InChI is InChI=1S/C24H20ClFN6O/c1-13-10-27-22-21(18-5-2-16(25)9-19(18)26)30-23(31-24(22)29-13)14-6-7-33-20(8-14)15-11-28-32(12-15)17-3-4-17/h2,5,8-12,17,20H,3-4,6-7H2,1H3. The normalized spacial score (nSPS) is 18.5. The number of aryl methyl sites for hydroxylation is 1. The van der Waals surface area contributed by atoms with Gasteiger partial charge in [0.15, 0.2) is 11.5 Å².